The van der Waals surface area contributed by atoms with Gasteiger partial charge in [-0.3, -0.25) is 10.1 Å². The van der Waals surface area contributed by atoms with Crippen molar-refractivity contribution in [1.82, 2.24) is 4.98 Å². The molecule has 3 aromatic rings. The summed E-state index contributed by atoms with van der Waals surface area (Å²) in [5.41, 5.74) is 0.810. The summed E-state index contributed by atoms with van der Waals surface area (Å²) in [6.45, 7) is -0.105. The molecule has 0 atom stereocenters. The molecule has 7 heteroatoms. The number of nitrogens with zero attached hydrogens (tertiary/aromatic N) is 1. The lowest BCUT2D eigenvalue weighted by Gasteiger charge is -2.07. The van der Waals surface area contributed by atoms with Crippen LogP contribution in [-0.4, -0.2) is 31.7 Å². The maximum Gasteiger partial charge on any atom is 0.264 e. The summed E-state index contributed by atoms with van der Waals surface area (Å²) in [6, 6.07) is 12.7. The number of methoxy groups -OCH3 is 2. The fourth-order valence-electron chi connectivity index (χ4n) is 2.08. The van der Waals surface area contributed by atoms with Gasteiger partial charge in [0.15, 0.2) is 11.7 Å². The van der Waals surface area contributed by atoms with Gasteiger partial charge in [-0.25, -0.2) is 4.98 Å². The predicted octanol–water partition coefficient (Wildman–Crippen LogP) is 3.33. The molecule has 0 aliphatic carbocycles. The van der Waals surface area contributed by atoms with E-state index < -0.39 is 0 Å². The van der Waals surface area contributed by atoms with Crippen LogP contribution in [-0.2, 0) is 4.79 Å². The van der Waals surface area contributed by atoms with Crippen LogP contribution in [0.2, 0.25) is 0 Å². The molecular formula is C17H16N2O4S. The molecule has 0 fully saturated rings. The molecule has 2 aromatic carbocycles. The molecular weight excluding hydrogens is 328 g/mol. The van der Waals surface area contributed by atoms with Crippen LogP contribution in [0.3, 0.4) is 0 Å². The largest absolute Gasteiger partial charge is 0.497 e. The monoisotopic (exact) mass is 344 g/mol. The Labute approximate surface area is 143 Å². The van der Waals surface area contributed by atoms with Gasteiger partial charge in [0.2, 0.25) is 0 Å². The zero-order valence-corrected chi connectivity index (χ0v) is 14.1. The lowest BCUT2D eigenvalue weighted by Crippen LogP contribution is -2.19. The highest BCUT2D eigenvalue weighted by molar-refractivity contribution is 7.22. The first kappa shape index (κ1) is 16.1. The molecule has 3 rings (SSSR count). The fourth-order valence-corrected chi connectivity index (χ4v) is 2.99. The first-order chi connectivity index (χ1) is 11.7. The zero-order valence-electron chi connectivity index (χ0n) is 13.2. The van der Waals surface area contributed by atoms with Crippen LogP contribution in [0.5, 0.6) is 17.2 Å². The molecule has 1 heterocycles. The summed E-state index contributed by atoms with van der Waals surface area (Å²) in [7, 11) is 3.19. The van der Waals surface area contributed by atoms with E-state index in [9.17, 15) is 4.79 Å². The van der Waals surface area contributed by atoms with E-state index >= 15 is 0 Å². The van der Waals surface area contributed by atoms with E-state index in [4.69, 9.17) is 14.2 Å². The van der Waals surface area contributed by atoms with E-state index in [1.165, 1.54) is 11.3 Å². The highest BCUT2D eigenvalue weighted by Gasteiger charge is 2.09. The fraction of sp³-hybridized carbons (Fsp3) is 0.176. The number of hydrogen-bond donors (Lipinski definition) is 1. The SMILES string of the molecule is COc1cccc(OCC(=O)Nc2nc3ccc(OC)cc3s2)c1. The van der Waals surface area contributed by atoms with Crippen LogP contribution >= 0.6 is 11.3 Å². The Bertz CT molecular complexity index is 863. The van der Waals surface area contributed by atoms with E-state index in [-0.39, 0.29) is 12.5 Å². The Morgan fingerprint density at radius 3 is 2.62 bits per heavy atom. The summed E-state index contributed by atoms with van der Waals surface area (Å²) >= 11 is 1.38. The van der Waals surface area contributed by atoms with Crippen LogP contribution < -0.4 is 19.5 Å². The minimum Gasteiger partial charge on any atom is -0.497 e. The van der Waals surface area contributed by atoms with Crippen molar-refractivity contribution >= 4 is 32.6 Å². The summed E-state index contributed by atoms with van der Waals surface area (Å²) in [5.74, 6) is 1.72. The number of amides is 1. The standard InChI is InChI=1S/C17H16N2O4S/c1-21-11-4-3-5-13(8-11)23-10-16(20)19-17-18-14-7-6-12(22-2)9-15(14)24-17/h3-9H,10H2,1-2H3,(H,18,19,20). The topological polar surface area (TPSA) is 69.7 Å². The van der Waals surface area contributed by atoms with Gasteiger partial charge in [0, 0.05) is 6.07 Å². The maximum absolute atomic E-state index is 12.0. The molecule has 1 N–H and O–H groups in total. The maximum atomic E-state index is 12.0. The van der Waals surface area contributed by atoms with Crippen molar-refractivity contribution in [2.75, 3.05) is 26.1 Å². The molecule has 1 aromatic heterocycles. The first-order valence-corrected chi connectivity index (χ1v) is 8.01. The first-order valence-electron chi connectivity index (χ1n) is 7.19. The third-order valence-corrected chi connectivity index (χ3v) is 4.19. The van der Waals surface area contributed by atoms with Crippen LogP contribution in [0.1, 0.15) is 0 Å². The number of rotatable bonds is 6. The lowest BCUT2D eigenvalue weighted by atomic mass is 10.3. The Morgan fingerprint density at radius 2 is 1.83 bits per heavy atom. The minimum atomic E-state index is -0.274. The highest BCUT2D eigenvalue weighted by Crippen LogP contribution is 2.29. The molecule has 0 radical (unpaired) electrons. The average molecular weight is 344 g/mol. The number of fused-ring (bicyclic) bond motifs is 1. The predicted molar refractivity (Wildman–Crippen MR) is 93.3 cm³/mol. The lowest BCUT2D eigenvalue weighted by molar-refractivity contribution is -0.118. The molecule has 1 amide bonds. The van der Waals surface area contributed by atoms with E-state index in [2.05, 4.69) is 10.3 Å². The van der Waals surface area contributed by atoms with Crippen molar-refractivity contribution < 1.29 is 19.0 Å². The van der Waals surface area contributed by atoms with Crippen molar-refractivity contribution in [3.63, 3.8) is 0 Å². The highest BCUT2D eigenvalue weighted by atomic mass is 32.1. The van der Waals surface area contributed by atoms with Crippen LogP contribution in [0.25, 0.3) is 10.2 Å². The number of carbonyl (C=O) groups excluding carboxylic acids is 1. The number of carbonyl (C=O) groups is 1. The minimum absolute atomic E-state index is 0.105. The van der Waals surface area contributed by atoms with Gasteiger partial charge in [-0.1, -0.05) is 17.4 Å². The van der Waals surface area contributed by atoms with E-state index in [0.29, 0.717) is 16.6 Å². The second-order valence-electron chi connectivity index (χ2n) is 4.87. The van der Waals surface area contributed by atoms with Gasteiger partial charge in [0.1, 0.15) is 17.2 Å². The van der Waals surface area contributed by atoms with Gasteiger partial charge in [-0.2, -0.15) is 0 Å². The number of anilines is 1. The van der Waals surface area contributed by atoms with Crippen molar-refractivity contribution in [3.8, 4) is 17.2 Å². The Hall–Kier alpha value is -2.80. The van der Waals surface area contributed by atoms with Gasteiger partial charge < -0.3 is 14.2 Å². The smallest absolute Gasteiger partial charge is 0.264 e. The molecule has 24 heavy (non-hydrogen) atoms. The Kier molecular flexibility index (Phi) is 4.81. The van der Waals surface area contributed by atoms with Gasteiger partial charge in [0.25, 0.3) is 5.91 Å². The number of aromatic nitrogens is 1. The number of hydrogen-bond acceptors (Lipinski definition) is 6. The number of benzene rings is 2. The van der Waals surface area contributed by atoms with Gasteiger partial charge in [-0.15, -0.1) is 0 Å². The summed E-state index contributed by atoms with van der Waals surface area (Å²) in [5, 5.41) is 3.26. The molecule has 0 unspecified atom stereocenters. The zero-order chi connectivity index (χ0) is 16.9. The van der Waals surface area contributed by atoms with Crippen molar-refractivity contribution in [2.45, 2.75) is 0 Å². The average Bonchev–Trinajstić information content (AvgIpc) is 3.01. The third-order valence-electron chi connectivity index (χ3n) is 3.25. The molecule has 6 nitrogen and oxygen atoms in total. The number of nitrogens with one attached hydrogen (secondary N) is 1. The molecule has 0 spiro atoms. The van der Waals surface area contributed by atoms with Crippen molar-refractivity contribution in [3.05, 3.63) is 42.5 Å². The summed E-state index contributed by atoms with van der Waals surface area (Å²) < 4.78 is 16.7. The Balaban J connectivity index is 1.62. The van der Waals surface area contributed by atoms with Crippen molar-refractivity contribution in [1.29, 1.82) is 0 Å². The van der Waals surface area contributed by atoms with Gasteiger partial charge >= 0.3 is 0 Å². The van der Waals surface area contributed by atoms with Crippen molar-refractivity contribution in [2.24, 2.45) is 0 Å². The number of ether oxygens (including phenoxy) is 3. The molecule has 124 valence electrons. The molecule has 0 bridgehead atoms. The molecule has 0 saturated heterocycles. The number of thiazole rings is 1. The van der Waals surface area contributed by atoms with E-state index in [0.717, 1.165) is 16.0 Å². The van der Waals surface area contributed by atoms with Crippen LogP contribution in [0, 0.1) is 0 Å². The van der Waals surface area contributed by atoms with E-state index in [1.807, 2.05) is 24.3 Å². The van der Waals surface area contributed by atoms with E-state index in [1.54, 1.807) is 32.4 Å². The second kappa shape index (κ2) is 7.18. The molecule has 0 aliphatic rings. The normalized spacial score (nSPS) is 10.4. The van der Waals surface area contributed by atoms with Crippen LogP contribution in [0.15, 0.2) is 42.5 Å². The second-order valence-corrected chi connectivity index (χ2v) is 5.90. The third kappa shape index (κ3) is 3.75. The molecule has 0 saturated carbocycles. The van der Waals surface area contributed by atoms with Gasteiger partial charge in [-0.05, 0) is 30.3 Å². The van der Waals surface area contributed by atoms with Crippen LogP contribution in [0.4, 0.5) is 5.13 Å². The Morgan fingerprint density at radius 1 is 1.08 bits per heavy atom. The quantitative estimate of drug-likeness (QED) is 0.743. The van der Waals surface area contributed by atoms with Gasteiger partial charge in [0.05, 0.1) is 24.4 Å². The molecule has 0 aliphatic heterocycles. The summed E-state index contributed by atoms with van der Waals surface area (Å²) in [4.78, 5) is 16.4. The summed E-state index contributed by atoms with van der Waals surface area (Å²) in [6.07, 6.45) is 0.